The van der Waals surface area contributed by atoms with E-state index in [0.29, 0.717) is 12.2 Å². The van der Waals surface area contributed by atoms with Crippen LogP contribution >= 0.6 is 11.8 Å². The summed E-state index contributed by atoms with van der Waals surface area (Å²) in [5, 5.41) is 14.4. The lowest BCUT2D eigenvalue weighted by Gasteiger charge is -2.27. The lowest BCUT2D eigenvalue weighted by Crippen LogP contribution is -2.54. The van der Waals surface area contributed by atoms with Crippen LogP contribution in [0.1, 0.15) is 43.7 Å². The maximum Gasteiger partial charge on any atom is 0.407 e. The first kappa shape index (κ1) is 24.6. The number of benzene rings is 2. The van der Waals surface area contributed by atoms with Gasteiger partial charge in [-0.15, -0.1) is 0 Å². The molecule has 0 unspecified atom stereocenters. The zero-order valence-electron chi connectivity index (χ0n) is 19.1. The molecule has 1 atom stereocenters. The number of carbonyl (C=O) groups is 3. The van der Waals surface area contributed by atoms with Gasteiger partial charge in [0, 0.05) is 11.5 Å². The van der Waals surface area contributed by atoms with E-state index in [-0.39, 0.29) is 18.9 Å². The Morgan fingerprint density at radius 2 is 1.64 bits per heavy atom. The van der Waals surface area contributed by atoms with Crippen LogP contribution in [0.5, 0.6) is 0 Å². The predicted octanol–water partition coefficient (Wildman–Crippen LogP) is 4.02. The molecule has 0 heterocycles. The molecule has 3 rings (SSSR count). The summed E-state index contributed by atoms with van der Waals surface area (Å²) in [5.74, 6) is -0.855. The Morgan fingerprint density at radius 1 is 1.06 bits per heavy atom. The number of aliphatic carboxylic acids is 1. The molecule has 2 aromatic rings. The van der Waals surface area contributed by atoms with Gasteiger partial charge in [-0.1, -0.05) is 48.5 Å². The van der Waals surface area contributed by atoms with Gasteiger partial charge >= 0.3 is 12.1 Å². The standard InChI is InChI=1S/C25H30N2O5S/c1-25(2,14-22(28)29)27-23(30)21(12-13-33-3)26-24(31)32-15-20-18-10-6-4-8-16(18)17-9-5-7-11-19(17)20/h4-11,20-21H,12-15H2,1-3H3,(H,26,31)(H,27,30)(H,28,29)/t21-/m0/s1. The van der Waals surface area contributed by atoms with E-state index in [1.807, 2.05) is 42.7 Å². The van der Waals surface area contributed by atoms with Gasteiger partial charge in [0.05, 0.1) is 6.42 Å². The smallest absolute Gasteiger partial charge is 0.407 e. The van der Waals surface area contributed by atoms with Crippen molar-refractivity contribution in [1.82, 2.24) is 10.6 Å². The van der Waals surface area contributed by atoms with E-state index in [2.05, 4.69) is 22.8 Å². The van der Waals surface area contributed by atoms with E-state index in [9.17, 15) is 14.4 Å². The lowest BCUT2D eigenvalue weighted by atomic mass is 9.98. The Balaban J connectivity index is 1.65. The first-order valence-corrected chi connectivity index (χ1v) is 12.3. The third kappa shape index (κ3) is 6.28. The number of fused-ring (bicyclic) bond motifs is 3. The van der Waals surface area contributed by atoms with Gasteiger partial charge in [-0.3, -0.25) is 9.59 Å². The Hall–Kier alpha value is -3.00. The van der Waals surface area contributed by atoms with Crippen molar-refractivity contribution in [3.63, 3.8) is 0 Å². The second-order valence-electron chi connectivity index (χ2n) is 8.75. The molecule has 0 aromatic heterocycles. The van der Waals surface area contributed by atoms with Gasteiger partial charge in [-0.05, 0) is 54.5 Å². The molecule has 7 nitrogen and oxygen atoms in total. The van der Waals surface area contributed by atoms with Crippen LogP contribution in [-0.4, -0.2) is 53.3 Å². The number of carboxylic acids is 1. The average Bonchev–Trinajstić information content (AvgIpc) is 3.07. The fourth-order valence-corrected chi connectivity index (χ4v) is 4.60. The Morgan fingerprint density at radius 3 is 2.18 bits per heavy atom. The van der Waals surface area contributed by atoms with Gasteiger partial charge in [0.25, 0.3) is 0 Å². The Bertz CT molecular complexity index is 978. The summed E-state index contributed by atoms with van der Waals surface area (Å²) in [7, 11) is 0. The van der Waals surface area contributed by atoms with E-state index < -0.39 is 29.6 Å². The molecule has 2 amide bonds. The highest BCUT2D eigenvalue weighted by Gasteiger charge is 2.31. The van der Waals surface area contributed by atoms with E-state index in [0.717, 1.165) is 22.3 Å². The summed E-state index contributed by atoms with van der Waals surface area (Å²) in [4.78, 5) is 36.5. The molecule has 33 heavy (non-hydrogen) atoms. The normalized spacial score (nSPS) is 13.5. The molecular formula is C25H30N2O5S. The minimum Gasteiger partial charge on any atom is -0.481 e. The molecule has 0 spiro atoms. The molecule has 3 N–H and O–H groups in total. The molecule has 0 bridgehead atoms. The summed E-state index contributed by atoms with van der Waals surface area (Å²) >= 11 is 1.56. The van der Waals surface area contributed by atoms with Gasteiger partial charge in [0.2, 0.25) is 5.91 Å². The molecule has 0 fully saturated rings. The third-order valence-corrected chi connectivity index (χ3v) is 6.26. The average molecular weight is 471 g/mol. The van der Waals surface area contributed by atoms with Crippen molar-refractivity contribution in [1.29, 1.82) is 0 Å². The van der Waals surface area contributed by atoms with Crippen LogP contribution < -0.4 is 10.6 Å². The number of hydrogen-bond acceptors (Lipinski definition) is 5. The molecule has 1 aliphatic carbocycles. The summed E-state index contributed by atoms with van der Waals surface area (Å²) in [5.41, 5.74) is 3.56. The molecule has 8 heteroatoms. The van der Waals surface area contributed by atoms with Crippen LogP contribution in [0, 0.1) is 0 Å². The highest BCUT2D eigenvalue weighted by Crippen LogP contribution is 2.44. The van der Waals surface area contributed by atoms with Gasteiger partial charge in [-0.25, -0.2) is 4.79 Å². The molecule has 0 radical (unpaired) electrons. The second-order valence-corrected chi connectivity index (χ2v) is 9.73. The maximum atomic E-state index is 12.8. The zero-order chi connectivity index (χ0) is 24.0. The van der Waals surface area contributed by atoms with Crippen LogP contribution in [0.4, 0.5) is 4.79 Å². The molecule has 0 saturated heterocycles. The van der Waals surface area contributed by atoms with E-state index in [4.69, 9.17) is 9.84 Å². The summed E-state index contributed by atoms with van der Waals surface area (Å²) in [6, 6.07) is 15.3. The van der Waals surface area contributed by atoms with Crippen molar-refractivity contribution >= 4 is 29.7 Å². The molecule has 1 aliphatic rings. The maximum absolute atomic E-state index is 12.8. The minimum absolute atomic E-state index is 0.0730. The van der Waals surface area contributed by atoms with Crippen LogP contribution in [0.2, 0.25) is 0 Å². The largest absolute Gasteiger partial charge is 0.481 e. The van der Waals surface area contributed by atoms with Crippen molar-refractivity contribution in [2.75, 3.05) is 18.6 Å². The third-order valence-electron chi connectivity index (χ3n) is 5.62. The number of rotatable bonds is 10. The predicted molar refractivity (Wildman–Crippen MR) is 129 cm³/mol. The number of alkyl carbamates (subject to hydrolysis) is 1. The van der Waals surface area contributed by atoms with E-state index in [1.54, 1.807) is 25.6 Å². The number of carboxylic acid groups (broad SMARTS) is 1. The van der Waals surface area contributed by atoms with Gasteiger partial charge < -0.3 is 20.5 Å². The number of nitrogens with one attached hydrogen (secondary N) is 2. The van der Waals surface area contributed by atoms with Gasteiger partial charge in [0.1, 0.15) is 12.6 Å². The second kappa shape index (κ2) is 10.7. The molecule has 0 aliphatic heterocycles. The lowest BCUT2D eigenvalue weighted by molar-refractivity contribution is -0.138. The van der Waals surface area contributed by atoms with Crippen molar-refractivity contribution < 1.29 is 24.2 Å². The fraction of sp³-hybridized carbons (Fsp3) is 0.400. The number of amides is 2. The van der Waals surface area contributed by atoms with Crippen molar-refractivity contribution in [3.8, 4) is 11.1 Å². The monoisotopic (exact) mass is 470 g/mol. The number of carbonyl (C=O) groups excluding carboxylic acids is 2. The van der Waals surface area contributed by atoms with E-state index >= 15 is 0 Å². The Labute approximate surface area is 198 Å². The molecular weight excluding hydrogens is 440 g/mol. The van der Waals surface area contributed by atoms with Crippen LogP contribution in [0.25, 0.3) is 11.1 Å². The first-order chi connectivity index (χ1) is 15.7. The van der Waals surface area contributed by atoms with Gasteiger partial charge in [-0.2, -0.15) is 11.8 Å². The summed E-state index contributed by atoms with van der Waals surface area (Å²) in [6.45, 7) is 3.43. The van der Waals surface area contributed by atoms with Crippen molar-refractivity contribution in [3.05, 3.63) is 59.7 Å². The number of hydrogen-bond donors (Lipinski definition) is 3. The first-order valence-electron chi connectivity index (χ1n) is 10.9. The van der Waals surface area contributed by atoms with Crippen LogP contribution in [0.15, 0.2) is 48.5 Å². The molecule has 0 saturated carbocycles. The van der Waals surface area contributed by atoms with E-state index in [1.165, 1.54) is 0 Å². The number of thioether (sulfide) groups is 1. The van der Waals surface area contributed by atoms with Crippen molar-refractivity contribution in [2.45, 2.75) is 44.2 Å². The summed E-state index contributed by atoms with van der Waals surface area (Å²) < 4.78 is 5.56. The SMILES string of the molecule is CSCC[C@H](NC(=O)OCC1c2ccccc2-c2ccccc21)C(=O)NC(C)(C)CC(=O)O. The van der Waals surface area contributed by atoms with Gasteiger partial charge in [0.15, 0.2) is 0 Å². The molecule has 2 aromatic carbocycles. The minimum atomic E-state index is -1.01. The topological polar surface area (TPSA) is 105 Å². The number of ether oxygens (including phenoxy) is 1. The Kier molecular flexibility index (Phi) is 8.02. The highest BCUT2D eigenvalue weighted by molar-refractivity contribution is 7.98. The quantitative estimate of drug-likeness (QED) is 0.485. The highest BCUT2D eigenvalue weighted by atomic mass is 32.2. The fourth-order valence-electron chi connectivity index (χ4n) is 4.13. The molecule has 176 valence electrons. The summed E-state index contributed by atoms with van der Waals surface area (Å²) in [6.07, 6.45) is 1.42. The van der Waals surface area contributed by atoms with Crippen LogP contribution in [0.3, 0.4) is 0 Å². The van der Waals surface area contributed by atoms with Crippen molar-refractivity contribution in [2.24, 2.45) is 0 Å². The zero-order valence-corrected chi connectivity index (χ0v) is 19.9. The van der Waals surface area contributed by atoms with Crippen LogP contribution in [-0.2, 0) is 14.3 Å².